The minimum absolute atomic E-state index is 0.103. The van der Waals surface area contributed by atoms with Gasteiger partial charge in [0.05, 0.1) is 11.8 Å². The van der Waals surface area contributed by atoms with Gasteiger partial charge < -0.3 is 5.73 Å². The smallest absolute Gasteiger partial charge is 0.366 e. The third kappa shape index (κ3) is 3.23. The first kappa shape index (κ1) is 14.3. The predicted octanol–water partition coefficient (Wildman–Crippen LogP) is 2.14. The van der Waals surface area contributed by atoms with E-state index in [9.17, 15) is 18.0 Å². The summed E-state index contributed by atoms with van der Waals surface area (Å²) in [5.41, 5.74) is 3.91. The van der Waals surface area contributed by atoms with Gasteiger partial charge >= 0.3 is 6.18 Å². The molecule has 9 heteroatoms. The largest absolute Gasteiger partial charge is 0.433 e. The van der Waals surface area contributed by atoms with Crippen molar-refractivity contribution in [1.29, 1.82) is 0 Å². The van der Waals surface area contributed by atoms with E-state index >= 15 is 0 Å². The summed E-state index contributed by atoms with van der Waals surface area (Å²) in [6.07, 6.45) is -0.469. The van der Waals surface area contributed by atoms with Gasteiger partial charge in [0.15, 0.2) is 0 Å². The van der Waals surface area contributed by atoms with Gasteiger partial charge in [0.1, 0.15) is 15.7 Å². The van der Waals surface area contributed by atoms with E-state index in [-0.39, 0.29) is 10.6 Å². The standard InChI is InChI=1S/C11H7F3N4OS/c12-11(13,14)7-2-1-6(9(15)19)10(18-7)20-8-5-16-3-4-17-8/h1-5H,(H2,15,19). The monoisotopic (exact) mass is 300 g/mol. The van der Waals surface area contributed by atoms with Crippen LogP contribution in [0.4, 0.5) is 13.2 Å². The van der Waals surface area contributed by atoms with Gasteiger partial charge in [-0.3, -0.25) is 9.78 Å². The molecule has 0 aliphatic rings. The van der Waals surface area contributed by atoms with Crippen LogP contribution >= 0.6 is 11.8 Å². The first-order valence-corrected chi connectivity index (χ1v) is 6.01. The van der Waals surface area contributed by atoms with Crippen LogP contribution in [0.5, 0.6) is 0 Å². The highest BCUT2D eigenvalue weighted by Gasteiger charge is 2.33. The van der Waals surface area contributed by atoms with Gasteiger partial charge in [-0.05, 0) is 23.9 Å². The second-order valence-corrected chi connectivity index (χ2v) is 4.57. The molecule has 104 valence electrons. The highest BCUT2D eigenvalue weighted by molar-refractivity contribution is 7.99. The Hall–Kier alpha value is -2.16. The second-order valence-electron chi connectivity index (χ2n) is 3.56. The number of alkyl halides is 3. The number of aromatic nitrogens is 3. The molecule has 0 spiro atoms. The van der Waals surface area contributed by atoms with Crippen LogP contribution < -0.4 is 5.73 Å². The summed E-state index contributed by atoms with van der Waals surface area (Å²) in [4.78, 5) is 22.3. The molecule has 0 fully saturated rings. The maximum absolute atomic E-state index is 12.6. The summed E-state index contributed by atoms with van der Waals surface area (Å²) in [6.45, 7) is 0. The summed E-state index contributed by atoms with van der Waals surface area (Å²) in [6, 6.07) is 1.71. The number of rotatable bonds is 3. The Labute approximate surface area is 115 Å². The maximum Gasteiger partial charge on any atom is 0.433 e. The Morgan fingerprint density at radius 2 is 2.00 bits per heavy atom. The van der Waals surface area contributed by atoms with Gasteiger partial charge in [-0.15, -0.1) is 0 Å². The molecule has 20 heavy (non-hydrogen) atoms. The maximum atomic E-state index is 12.6. The summed E-state index contributed by atoms with van der Waals surface area (Å²) < 4.78 is 37.9. The molecule has 0 aliphatic heterocycles. The lowest BCUT2D eigenvalue weighted by molar-refractivity contribution is -0.141. The van der Waals surface area contributed by atoms with Gasteiger partial charge in [-0.25, -0.2) is 9.97 Å². The number of carbonyl (C=O) groups excluding carboxylic acids is 1. The number of hydrogen-bond donors (Lipinski definition) is 1. The van der Waals surface area contributed by atoms with E-state index in [0.29, 0.717) is 11.1 Å². The lowest BCUT2D eigenvalue weighted by atomic mass is 10.2. The van der Waals surface area contributed by atoms with Crippen molar-refractivity contribution in [3.8, 4) is 0 Å². The van der Waals surface area contributed by atoms with Crippen LogP contribution in [0, 0.1) is 0 Å². The molecule has 0 bridgehead atoms. The lowest BCUT2D eigenvalue weighted by Gasteiger charge is -2.10. The van der Waals surface area contributed by atoms with Gasteiger partial charge in [0.2, 0.25) is 0 Å². The zero-order valence-electron chi connectivity index (χ0n) is 9.76. The van der Waals surface area contributed by atoms with Crippen molar-refractivity contribution in [3.63, 3.8) is 0 Å². The highest BCUT2D eigenvalue weighted by atomic mass is 32.2. The first-order valence-electron chi connectivity index (χ1n) is 5.20. The molecule has 5 nitrogen and oxygen atoms in total. The molecule has 2 aromatic rings. The van der Waals surface area contributed by atoms with Crippen LogP contribution in [0.2, 0.25) is 0 Å². The summed E-state index contributed by atoms with van der Waals surface area (Å²) >= 11 is 0.787. The second kappa shape index (κ2) is 5.45. The molecule has 2 rings (SSSR count). The molecule has 0 aliphatic carbocycles. The molecule has 2 aromatic heterocycles. The predicted molar refractivity (Wildman–Crippen MR) is 63.9 cm³/mol. The number of amides is 1. The Morgan fingerprint density at radius 1 is 1.25 bits per heavy atom. The van der Waals surface area contributed by atoms with E-state index in [1.807, 2.05) is 0 Å². The van der Waals surface area contributed by atoms with E-state index in [4.69, 9.17) is 5.73 Å². The van der Waals surface area contributed by atoms with Crippen molar-refractivity contribution in [2.75, 3.05) is 0 Å². The van der Waals surface area contributed by atoms with Crippen LogP contribution in [0.15, 0.2) is 40.8 Å². The van der Waals surface area contributed by atoms with Crippen molar-refractivity contribution in [3.05, 3.63) is 42.0 Å². The minimum Gasteiger partial charge on any atom is -0.366 e. The number of nitrogens with zero attached hydrogens (tertiary/aromatic N) is 3. The van der Waals surface area contributed by atoms with Crippen LogP contribution in [-0.4, -0.2) is 20.9 Å². The Balaban J connectivity index is 2.45. The normalized spacial score (nSPS) is 11.3. The third-order valence-electron chi connectivity index (χ3n) is 2.16. The molecular weight excluding hydrogens is 293 g/mol. The van der Waals surface area contributed by atoms with Gasteiger partial charge in [0, 0.05) is 12.4 Å². The van der Waals surface area contributed by atoms with Crippen LogP contribution in [0.3, 0.4) is 0 Å². The molecule has 2 N–H and O–H groups in total. The fourth-order valence-electron chi connectivity index (χ4n) is 1.30. The van der Waals surface area contributed by atoms with Crippen molar-refractivity contribution >= 4 is 17.7 Å². The average Bonchev–Trinajstić information content (AvgIpc) is 2.38. The number of hydrogen-bond acceptors (Lipinski definition) is 5. The van der Waals surface area contributed by atoms with E-state index in [1.54, 1.807) is 0 Å². The van der Waals surface area contributed by atoms with Crippen molar-refractivity contribution < 1.29 is 18.0 Å². The summed E-state index contributed by atoms with van der Waals surface area (Å²) in [5, 5.41) is 0.148. The van der Waals surface area contributed by atoms with Gasteiger partial charge in [-0.1, -0.05) is 0 Å². The quantitative estimate of drug-likeness (QED) is 0.939. The van der Waals surface area contributed by atoms with E-state index in [2.05, 4.69) is 15.0 Å². The number of nitrogens with two attached hydrogens (primary N) is 1. The summed E-state index contributed by atoms with van der Waals surface area (Å²) in [7, 11) is 0. The minimum atomic E-state index is -4.60. The molecule has 0 saturated heterocycles. The Morgan fingerprint density at radius 3 is 2.55 bits per heavy atom. The van der Waals surface area contributed by atoms with Crippen molar-refractivity contribution in [2.45, 2.75) is 16.2 Å². The van der Waals surface area contributed by atoms with Gasteiger partial charge in [-0.2, -0.15) is 13.2 Å². The Bertz CT molecular complexity index is 633. The zero-order chi connectivity index (χ0) is 14.8. The van der Waals surface area contributed by atoms with Crippen LogP contribution in [0.1, 0.15) is 16.1 Å². The van der Waals surface area contributed by atoms with Crippen molar-refractivity contribution in [2.24, 2.45) is 5.73 Å². The zero-order valence-corrected chi connectivity index (χ0v) is 10.6. The molecule has 0 unspecified atom stereocenters. The van der Waals surface area contributed by atoms with E-state index in [0.717, 1.165) is 17.8 Å². The highest BCUT2D eigenvalue weighted by Crippen LogP contribution is 2.32. The van der Waals surface area contributed by atoms with E-state index in [1.165, 1.54) is 18.6 Å². The molecule has 0 atom stereocenters. The fourth-order valence-corrected chi connectivity index (χ4v) is 2.15. The molecule has 0 saturated carbocycles. The number of carbonyl (C=O) groups is 1. The van der Waals surface area contributed by atoms with Crippen LogP contribution in [-0.2, 0) is 6.18 Å². The van der Waals surface area contributed by atoms with Gasteiger partial charge in [0.25, 0.3) is 5.91 Å². The fraction of sp³-hybridized carbons (Fsp3) is 0.0909. The van der Waals surface area contributed by atoms with E-state index < -0.39 is 17.8 Å². The Kier molecular flexibility index (Phi) is 3.89. The molecule has 2 heterocycles. The third-order valence-corrected chi connectivity index (χ3v) is 3.08. The molecule has 0 aromatic carbocycles. The van der Waals surface area contributed by atoms with Crippen molar-refractivity contribution in [1.82, 2.24) is 15.0 Å². The molecular formula is C11H7F3N4OS. The molecule has 0 radical (unpaired) electrons. The topological polar surface area (TPSA) is 81.8 Å². The molecule has 1 amide bonds. The lowest BCUT2D eigenvalue weighted by Crippen LogP contribution is -2.16. The number of halogens is 3. The average molecular weight is 300 g/mol. The SMILES string of the molecule is NC(=O)c1ccc(C(F)(F)F)nc1Sc1cnccn1. The number of pyridine rings is 1. The first-order chi connectivity index (χ1) is 9.38. The van der Waals surface area contributed by atoms with Crippen LogP contribution in [0.25, 0.3) is 0 Å². The number of primary amides is 1. The summed E-state index contributed by atoms with van der Waals surface area (Å²) in [5.74, 6) is -0.863.